The number of rotatable bonds is 6. The SMILES string of the molecule is COc1ccc(C(C)NC(=O)Nc2cccnc2OC(C)C)cc1F. The molecule has 6 nitrogen and oxygen atoms in total. The summed E-state index contributed by atoms with van der Waals surface area (Å²) >= 11 is 0. The first kappa shape index (κ1) is 18.5. The van der Waals surface area contributed by atoms with Crippen LogP contribution in [-0.2, 0) is 0 Å². The Kier molecular flexibility index (Phi) is 6.16. The molecule has 1 heterocycles. The minimum absolute atomic E-state index is 0.0697. The third-order valence-corrected chi connectivity index (χ3v) is 3.39. The summed E-state index contributed by atoms with van der Waals surface area (Å²) in [4.78, 5) is 16.3. The molecule has 0 fully saturated rings. The van der Waals surface area contributed by atoms with E-state index in [9.17, 15) is 9.18 Å². The highest BCUT2D eigenvalue weighted by Crippen LogP contribution is 2.23. The number of pyridine rings is 1. The second-order valence-electron chi connectivity index (χ2n) is 5.74. The van der Waals surface area contributed by atoms with Crippen molar-refractivity contribution in [1.29, 1.82) is 0 Å². The van der Waals surface area contributed by atoms with Crippen molar-refractivity contribution in [3.8, 4) is 11.6 Å². The summed E-state index contributed by atoms with van der Waals surface area (Å²) in [6.07, 6.45) is 1.52. The number of nitrogens with zero attached hydrogens (tertiary/aromatic N) is 1. The average Bonchev–Trinajstić information content (AvgIpc) is 2.56. The average molecular weight is 347 g/mol. The van der Waals surface area contributed by atoms with Crippen LogP contribution in [0, 0.1) is 5.82 Å². The molecule has 7 heteroatoms. The van der Waals surface area contributed by atoms with Crippen LogP contribution in [-0.4, -0.2) is 24.2 Å². The van der Waals surface area contributed by atoms with Crippen molar-refractivity contribution in [1.82, 2.24) is 10.3 Å². The minimum Gasteiger partial charge on any atom is -0.494 e. The van der Waals surface area contributed by atoms with Crippen LogP contribution < -0.4 is 20.1 Å². The number of aromatic nitrogens is 1. The Morgan fingerprint density at radius 2 is 2.00 bits per heavy atom. The van der Waals surface area contributed by atoms with Crippen LogP contribution in [0.2, 0.25) is 0 Å². The molecule has 0 radical (unpaired) electrons. The Balaban J connectivity index is 2.04. The topological polar surface area (TPSA) is 72.5 Å². The molecule has 0 bridgehead atoms. The fraction of sp³-hybridized carbons (Fsp3) is 0.333. The van der Waals surface area contributed by atoms with Gasteiger partial charge in [0.05, 0.1) is 19.3 Å². The Morgan fingerprint density at radius 3 is 2.64 bits per heavy atom. The van der Waals surface area contributed by atoms with Crippen molar-refractivity contribution in [2.24, 2.45) is 0 Å². The van der Waals surface area contributed by atoms with Crippen LogP contribution in [0.1, 0.15) is 32.4 Å². The molecule has 2 rings (SSSR count). The molecule has 2 amide bonds. The lowest BCUT2D eigenvalue weighted by Gasteiger charge is -2.17. The van der Waals surface area contributed by atoms with E-state index in [1.807, 2.05) is 13.8 Å². The van der Waals surface area contributed by atoms with E-state index in [4.69, 9.17) is 9.47 Å². The maximum absolute atomic E-state index is 13.8. The fourth-order valence-corrected chi connectivity index (χ4v) is 2.19. The van der Waals surface area contributed by atoms with E-state index < -0.39 is 17.9 Å². The number of carbonyl (C=O) groups is 1. The normalized spacial score (nSPS) is 11.8. The highest BCUT2D eigenvalue weighted by Gasteiger charge is 2.14. The second-order valence-corrected chi connectivity index (χ2v) is 5.74. The van der Waals surface area contributed by atoms with Gasteiger partial charge in [-0.1, -0.05) is 6.07 Å². The molecule has 134 valence electrons. The van der Waals surface area contributed by atoms with Gasteiger partial charge in [-0.15, -0.1) is 0 Å². The zero-order chi connectivity index (χ0) is 18.4. The number of amides is 2. The van der Waals surface area contributed by atoms with Gasteiger partial charge in [0.15, 0.2) is 11.6 Å². The summed E-state index contributed by atoms with van der Waals surface area (Å²) in [5.74, 6) is 0.0240. The lowest BCUT2D eigenvalue weighted by Crippen LogP contribution is -2.31. The Hall–Kier alpha value is -2.83. The predicted octanol–water partition coefficient (Wildman–Crippen LogP) is 3.90. The van der Waals surface area contributed by atoms with E-state index >= 15 is 0 Å². The molecule has 0 aliphatic carbocycles. The quantitative estimate of drug-likeness (QED) is 0.831. The summed E-state index contributed by atoms with van der Waals surface area (Å²) in [5, 5.41) is 5.45. The summed E-state index contributed by atoms with van der Waals surface area (Å²) in [6, 6.07) is 7.12. The molecular weight excluding hydrogens is 325 g/mol. The maximum atomic E-state index is 13.8. The van der Waals surface area contributed by atoms with E-state index in [0.29, 0.717) is 17.1 Å². The molecule has 0 saturated heterocycles. The molecule has 0 aliphatic rings. The van der Waals surface area contributed by atoms with Gasteiger partial charge in [-0.2, -0.15) is 0 Å². The van der Waals surface area contributed by atoms with Crippen molar-refractivity contribution >= 4 is 11.7 Å². The number of ether oxygens (including phenoxy) is 2. The van der Waals surface area contributed by atoms with Gasteiger partial charge < -0.3 is 20.1 Å². The Bertz CT molecular complexity index is 737. The lowest BCUT2D eigenvalue weighted by molar-refractivity contribution is 0.232. The number of hydrogen-bond acceptors (Lipinski definition) is 4. The van der Waals surface area contributed by atoms with Crippen LogP contribution in [0.5, 0.6) is 11.6 Å². The van der Waals surface area contributed by atoms with Gasteiger partial charge in [0, 0.05) is 6.20 Å². The minimum atomic E-state index is -0.478. The van der Waals surface area contributed by atoms with Crippen molar-refractivity contribution in [3.63, 3.8) is 0 Å². The van der Waals surface area contributed by atoms with E-state index in [0.717, 1.165) is 0 Å². The third-order valence-electron chi connectivity index (χ3n) is 3.39. The molecule has 1 atom stereocenters. The zero-order valence-corrected chi connectivity index (χ0v) is 14.7. The molecular formula is C18H22FN3O3. The van der Waals surface area contributed by atoms with Crippen molar-refractivity contribution in [3.05, 3.63) is 47.9 Å². The molecule has 2 aromatic rings. The Morgan fingerprint density at radius 1 is 1.24 bits per heavy atom. The van der Waals surface area contributed by atoms with Crippen molar-refractivity contribution in [2.45, 2.75) is 32.9 Å². The van der Waals surface area contributed by atoms with Crippen LogP contribution >= 0.6 is 0 Å². The second kappa shape index (κ2) is 8.32. The number of anilines is 1. The van der Waals surface area contributed by atoms with Gasteiger partial charge in [0.1, 0.15) is 5.69 Å². The fourth-order valence-electron chi connectivity index (χ4n) is 2.19. The summed E-state index contributed by atoms with van der Waals surface area (Å²) < 4.78 is 24.2. The predicted molar refractivity (Wildman–Crippen MR) is 93.5 cm³/mol. The van der Waals surface area contributed by atoms with Gasteiger partial charge in [-0.25, -0.2) is 14.2 Å². The standard InChI is InChI=1S/C18H22FN3O3/c1-11(2)25-17-15(6-5-9-20-17)22-18(23)21-12(3)13-7-8-16(24-4)14(19)10-13/h5-12H,1-4H3,(H2,21,22,23). The molecule has 2 N–H and O–H groups in total. The number of benzene rings is 1. The lowest BCUT2D eigenvalue weighted by atomic mass is 10.1. The van der Waals surface area contributed by atoms with Gasteiger partial charge in [0.2, 0.25) is 5.88 Å². The first-order chi connectivity index (χ1) is 11.9. The van der Waals surface area contributed by atoms with Crippen LogP contribution in [0.25, 0.3) is 0 Å². The number of hydrogen-bond donors (Lipinski definition) is 2. The van der Waals surface area contributed by atoms with Crippen molar-refractivity contribution in [2.75, 3.05) is 12.4 Å². The number of carbonyl (C=O) groups excluding carboxylic acids is 1. The van der Waals surface area contributed by atoms with E-state index in [1.165, 1.54) is 19.2 Å². The molecule has 0 saturated carbocycles. The maximum Gasteiger partial charge on any atom is 0.319 e. The highest BCUT2D eigenvalue weighted by molar-refractivity contribution is 5.90. The highest BCUT2D eigenvalue weighted by atomic mass is 19.1. The first-order valence-electron chi connectivity index (χ1n) is 7.93. The van der Waals surface area contributed by atoms with E-state index in [2.05, 4.69) is 15.6 Å². The van der Waals surface area contributed by atoms with Crippen LogP contribution in [0.4, 0.5) is 14.9 Å². The smallest absolute Gasteiger partial charge is 0.319 e. The number of urea groups is 1. The molecule has 1 aromatic carbocycles. The monoisotopic (exact) mass is 347 g/mol. The Labute approximate surface area is 146 Å². The number of nitrogens with one attached hydrogen (secondary N) is 2. The first-order valence-corrected chi connectivity index (χ1v) is 7.93. The van der Waals surface area contributed by atoms with E-state index in [1.54, 1.807) is 31.3 Å². The van der Waals surface area contributed by atoms with Crippen LogP contribution in [0.15, 0.2) is 36.5 Å². The van der Waals surface area contributed by atoms with Gasteiger partial charge in [0.25, 0.3) is 0 Å². The third kappa shape index (κ3) is 5.07. The summed E-state index contributed by atoms with van der Waals surface area (Å²) in [7, 11) is 1.40. The largest absolute Gasteiger partial charge is 0.494 e. The molecule has 0 spiro atoms. The number of halogens is 1. The van der Waals surface area contributed by atoms with Crippen molar-refractivity contribution < 1.29 is 18.7 Å². The molecule has 25 heavy (non-hydrogen) atoms. The van der Waals surface area contributed by atoms with Crippen LogP contribution in [0.3, 0.4) is 0 Å². The number of methoxy groups -OCH3 is 1. The van der Waals surface area contributed by atoms with Gasteiger partial charge in [-0.05, 0) is 50.6 Å². The summed E-state index contributed by atoms with van der Waals surface area (Å²) in [6.45, 7) is 5.51. The zero-order valence-electron chi connectivity index (χ0n) is 14.7. The molecule has 1 unspecified atom stereocenters. The molecule has 0 aliphatic heterocycles. The van der Waals surface area contributed by atoms with E-state index in [-0.39, 0.29) is 11.9 Å². The summed E-state index contributed by atoms with van der Waals surface area (Å²) in [5.41, 5.74) is 1.08. The molecule has 1 aromatic heterocycles. The van der Waals surface area contributed by atoms with Gasteiger partial charge in [-0.3, -0.25) is 0 Å². The van der Waals surface area contributed by atoms with Gasteiger partial charge >= 0.3 is 6.03 Å².